The second-order valence-corrected chi connectivity index (χ2v) is 8.79. The number of rotatable bonds is 6. The van der Waals surface area contributed by atoms with E-state index in [0.29, 0.717) is 11.5 Å². The van der Waals surface area contributed by atoms with Crippen LogP contribution >= 0.6 is 27.3 Å². The molecule has 1 fully saturated rings. The largest absolute Gasteiger partial charge is 0.309 e. The van der Waals surface area contributed by atoms with Crippen molar-refractivity contribution in [2.75, 3.05) is 6.54 Å². The second kappa shape index (κ2) is 6.73. The number of halogens is 1. The third kappa shape index (κ3) is 3.62. The van der Waals surface area contributed by atoms with E-state index in [0.717, 1.165) is 12.5 Å². The van der Waals surface area contributed by atoms with Crippen molar-refractivity contribution in [1.82, 2.24) is 5.32 Å². The molecule has 3 heteroatoms. The molecule has 1 N–H and O–H groups in total. The van der Waals surface area contributed by atoms with Crippen molar-refractivity contribution >= 4 is 27.3 Å². The first-order valence-corrected chi connectivity index (χ1v) is 9.17. The van der Waals surface area contributed by atoms with Gasteiger partial charge in [0.05, 0.1) is 3.79 Å². The van der Waals surface area contributed by atoms with Crippen molar-refractivity contribution in [3.05, 3.63) is 20.8 Å². The average molecular weight is 344 g/mol. The molecule has 1 aromatic rings. The molecule has 1 saturated carbocycles. The number of hydrogen-bond donors (Lipinski definition) is 1. The van der Waals surface area contributed by atoms with Gasteiger partial charge in [-0.2, -0.15) is 0 Å². The van der Waals surface area contributed by atoms with Gasteiger partial charge in [0.15, 0.2) is 0 Å². The second-order valence-electron chi connectivity index (χ2n) is 6.30. The van der Waals surface area contributed by atoms with Crippen LogP contribution in [0.25, 0.3) is 0 Å². The van der Waals surface area contributed by atoms with Gasteiger partial charge in [-0.1, -0.05) is 33.6 Å². The van der Waals surface area contributed by atoms with E-state index < -0.39 is 0 Å². The summed E-state index contributed by atoms with van der Waals surface area (Å²) in [7, 11) is 0. The molecule has 0 amide bonds. The first-order chi connectivity index (χ1) is 9.07. The smallest absolute Gasteiger partial charge is 0.0701 e. The third-order valence-corrected chi connectivity index (χ3v) is 6.00. The van der Waals surface area contributed by atoms with Crippen molar-refractivity contribution in [2.24, 2.45) is 11.3 Å². The zero-order valence-electron chi connectivity index (χ0n) is 12.3. The zero-order chi connectivity index (χ0) is 13.9. The van der Waals surface area contributed by atoms with Crippen LogP contribution in [0.4, 0.5) is 0 Å². The average Bonchev–Trinajstić information content (AvgIpc) is 2.95. The summed E-state index contributed by atoms with van der Waals surface area (Å²) >= 11 is 5.52. The predicted molar refractivity (Wildman–Crippen MR) is 88.8 cm³/mol. The lowest BCUT2D eigenvalue weighted by atomic mass is 9.72. The number of hydrogen-bond acceptors (Lipinski definition) is 2. The van der Waals surface area contributed by atoms with Crippen LogP contribution in [-0.2, 0) is 0 Å². The first kappa shape index (κ1) is 15.5. The Labute approximate surface area is 130 Å². The topological polar surface area (TPSA) is 12.0 Å². The van der Waals surface area contributed by atoms with E-state index in [2.05, 4.69) is 54.2 Å². The van der Waals surface area contributed by atoms with Crippen molar-refractivity contribution < 1.29 is 0 Å². The maximum Gasteiger partial charge on any atom is 0.0701 e. The summed E-state index contributed by atoms with van der Waals surface area (Å²) in [6, 6.07) is 5.05. The summed E-state index contributed by atoms with van der Waals surface area (Å²) in [4.78, 5) is 1.51. The fourth-order valence-corrected chi connectivity index (χ4v) is 5.45. The highest BCUT2D eigenvalue weighted by Crippen LogP contribution is 2.52. The molecule has 0 spiro atoms. The van der Waals surface area contributed by atoms with Gasteiger partial charge in [0.2, 0.25) is 0 Å². The Hall–Kier alpha value is 0.140. The number of nitrogens with one attached hydrogen (secondary N) is 1. The Morgan fingerprint density at radius 2 is 2.00 bits per heavy atom. The molecule has 1 unspecified atom stereocenters. The third-order valence-electron chi connectivity index (χ3n) is 4.31. The van der Waals surface area contributed by atoms with E-state index in [1.807, 2.05) is 11.3 Å². The molecule has 108 valence electrons. The van der Waals surface area contributed by atoms with Gasteiger partial charge in [0.1, 0.15) is 0 Å². The van der Waals surface area contributed by atoms with E-state index in [-0.39, 0.29) is 0 Å². The van der Waals surface area contributed by atoms with Gasteiger partial charge in [-0.3, -0.25) is 0 Å². The molecule has 0 radical (unpaired) electrons. The molecule has 2 rings (SSSR count). The van der Waals surface area contributed by atoms with Crippen LogP contribution < -0.4 is 5.32 Å². The monoisotopic (exact) mass is 343 g/mol. The van der Waals surface area contributed by atoms with E-state index in [4.69, 9.17) is 0 Å². The highest BCUT2D eigenvalue weighted by molar-refractivity contribution is 9.11. The van der Waals surface area contributed by atoms with Crippen molar-refractivity contribution in [1.29, 1.82) is 0 Å². The maximum absolute atomic E-state index is 3.79. The molecular weight excluding hydrogens is 318 g/mol. The molecule has 1 heterocycles. The van der Waals surface area contributed by atoms with Gasteiger partial charge >= 0.3 is 0 Å². The molecule has 1 aliphatic rings. The van der Waals surface area contributed by atoms with Crippen molar-refractivity contribution in [3.8, 4) is 0 Å². The fraction of sp³-hybridized carbons (Fsp3) is 0.750. The van der Waals surface area contributed by atoms with Crippen LogP contribution in [0.3, 0.4) is 0 Å². The molecule has 1 aliphatic carbocycles. The Morgan fingerprint density at radius 1 is 1.32 bits per heavy atom. The van der Waals surface area contributed by atoms with E-state index in [1.54, 1.807) is 0 Å². The Morgan fingerprint density at radius 3 is 2.47 bits per heavy atom. The minimum absolute atomic E-state index is 0.481. The Kier molecular flexibility index (Phi) is 5.50. The predicted octanol–water partition coefficient (Wildman–Crippen LogP) is 5.77. The summed E-state index contributed by atoms with van der Waals surface area (Å²) in [5, 5.41) is 3.79. The van der Waals surface area contributed by atoms with Gasteiger partial charge in [0, 0.05) is 10.9 Å². The van der Waals surface area contributed by atoms with Crippen molar-refractivity contribution in [2.45, 2.75) is 58.9 Å². The van der Waals surface area contributed by atoms with Crippen LogP contribution in [-0.4, -0.2) is 6.54 Å². The summed E-state index contributed by atoms with van der Waals surface area (Å²) < 4.78 is 1.25. The van der Waals surface area contributed by atoms with Crippen LogP contribution in [0.15, 0.2) is 15.9 Å². The van der Waals surface area contributed by atoms with E-state index >= 15 is 0 Å². The lowest BCUT2D eigenvalue weighted by Crippen LogP contribution is -2.37. The molecule has 1 atom stereocenters. The summed E-state index contributed by atoms with van der Waals surface area (Å²) in [5.74, 6) is 0.780. The van der Waals surface area contributed by atoms with Gasteiger partial charge in [-0.15, -0.1) is 11.3 Å². The first-order valence-electron chi connectivity index (χ1n) is 7.56. The van der Waals surface area contributed by atoms with Crippen LogP contribution in [0.5, 0.6) is 0 Å². The molecular formula is C16H26BrNS. The van der Waals surface area contributed by atoms with Gasteiger partial charge in [-0.25, -0.2) is 0 Å². The van der Waals surface area contributed by atoms with Crippen LogP contribution in [0, 0.1) is 11.3 Å². The SMILES string of the molecule is CCNC(c1ccc(Br)s1)C1(CC(C)C)CCCC1. The molecule has 0 aromatic carbocycles. The minimum Gasteiger partial charge on any atom is -0.309 e. The lowest BCUT2D eigenvalue weighted by Gasteiger charge is -2.39. The Balaban J connectivity index is 2.28. The van der Waals surface area contributed by atoms with E-state index in [1.165, 1.54) is 40.8 Å². The molecule has 0 bridgehead atoms. The summed E-state index contributed by atoms with van der Waals surface area (Å²) in [5.41, 5.74) is 0.481. The lowest BCUT2D eigenvalue weighted by molar-refractivity contribution is 0.159. The summed E-state index contributed by atoms with van der Waals surface area (Å²) in [6.45, 7) is 8.02. The highest BCUT2D eigenvalue weighted by atomic mass is 79.9. The van der Waals surface area contributed by atoms with Gasteiger partial charge in [0.25, 0.3) is 0 Å². The van der Waals surface area contributed by atoms with Crippen molar-refractivity contribution in [3.63, 3.8) is 0 Å². The van der Waals surface area contributed by atoms with Gasteiger partial charge < -0.3 is 5.32 Å². The fourth-order valence-electron chi connectivity index (χ4n) is 3.81. The standard InChI is InChI=1S/C16H26BrNS/c1-4-18-15(13-7-8-14(17)19-13)16(11-12(2)3)9-5-6-10-16/h7-8,12,15,18H,4-6,9-11H2,1-3H3. The van der Waals surface area contributed by atoms with Crippen LogP contribution in [0.1, 0.15) is 63.8 Å². The Bertz CT molecular complexity index is 393. The molecule has 0 saturated heterocycles. The van der Waals surface area contributed by atoms with Crippen LogP contribution in [0.2, 0.25) is 0 Å². The highest BCUT2D eigenvalue weighted by Gasteiger charge is 2.42. The van der Waals surface area contributed by atoms with Gasteiger partial charge in [-0.05, 0) is 65.2 Å². The molecule has 1 aromatic heterocycles. The van der Waals surface area contributed by atoms with E-state index in [9.17, 15) is 0 Å². The number of thiophene rings is 1. The molecule has 0 aliphatic heterocycles. The maximum atomic E-state index is 3.79. The normalized spacial score (nSPS) is 20.1. The molecule has 19 heavy (non-hydrogen) atoms. The molecule has 1 nitrogen and oxygen atoms in total. The zero-order valence-corrected chi connectivity index (χ0v) is 14.7. The summed E-state index contributed by atoms with van der Waals surface area (Å²) in [6.07, 6.45) is 6.93. The quantitative estimate of drug-likeness (QED) is 0.691. The minimum atomic E-state index is 0.481.